The van der Waals surface area contributed by atoms with Crippen LogP contribution in [0.5, 0.6) is 0 Å². The fraction of sp³-hybridized carbons (Fsp3) is 0.647. The molecule has 2 unspecified atom stereocenters. The lowest BCUT2D eigenvalue weighted by atomic mass is 9.83. The Morgan fingerprint density at radius 1 is 1.00 bits per heavy atom. The second-order valence-corrected chi connectivity index (χ2v) is 6.11. The maximum absolute atomic E-state index is 14.0. The van der Waals surface area contributed by atoms with E-state index < -0.39 is 35.3 Å². The van der Waals surface area contributed by atoms with Gasteiger partial charge in [0.15, 0.2) is 29.8 Å². The standard InChI is InChI=1S/C17H22F4O2/c1-3-12-13(18)15(20)17(16(21)14(12)19)23-9-11-6-4-10(5-7-11)8-22-2/h3,10-11,13,15H,1,4-9H2,2H3. The minimum absolute atomic E-state index is 0.0618. The largest absolute Gasteiger partial charge is 0.491 e. The number of ether oxygens (including phenoxy) is 2. The molecule has 0 aromatic heterocycles. The molecule has 1 fully saturated rings. The zero-order valence-corrected chi connectivity index (χ0v) is 13.2. The molecule has 0 radical (unpaired) electrons. The Balaban J connectivity index is 1.96. The predicted molar refractivity (Wildman–Crippen MR) is 79.5 cm³/mol. The van der Waals surface area contributed by atoms with Gasteiger partial charge in [0, 0.05) is 19.3 Å². The molecule has 2 rings (SSSR count). The third-order valence-electron chi connectivity index (χ3n) is 4.53. The van der Waals surface area contributed by atoms with Crippen molar-refractivity contribution in [3.8, 4) is 0 Å². The lowest BCUT2D eigenvalue weighted by Gasteiger charge is -2.29. The van der Waals surface area contributed by atoms with E-state index in [1.54, 1.807) is 7.11 Å². The van der Waals surface area contributed by atoms with Crippen LogP contribution in [-0.4, -0.2) is 32.7 Å². The molecule has 0 amide bonds. The lowest BCUT2D eigenvalue weighted by Crippen LogP contribution is -2.29. The summed E-state index contributed by atoms with van der Waals surface area (Å²) in [6.45, 7) is 3.94. The maximum atomic E-state index is 14.0. The Labute approximate surface area is 133 Å². The zero-order chi connectivity index (χ0) is 17.0. The van der Waals surface area contributed by atoms with Gasteiger partial charge in [0.1, 0.15) is 0 Å². The summed E-state index contributed by atoms with van der Waals surface area (Å²) < 4.78 is 65.5. The van der Waals surface area contributed by atoms with Gasteiger partial charge in [-0.05, 0) is 37.5 Å². The number of alkyl halides is 2. The van der Waals surface area contributed by atoms with Crippen molar-refractivity contribution in [3.05, 3.63) is 35.6 Å². The Kier molecular flexibility index (Phi) is 6.27. The second kappa shape index (κ2) is 7.99. The molecule has 130 valence electrons. The summed E-state index contributed by atoms with van der Waals surface area (Å²) in [5.41, 5.74) is -0.706. The minimum atomic E-state index is -2.34. The Hall–Kier alpha value is -1.30. The van der Waals surface area contributed by atoms with Crippen molar-refractivity contribution in [2.24, 2.45) is 11.8 Å². The highest BCUT2D eigenvalue weighted by atomic mass is 19.2. The van der Waals surface area contributed by atoms with Crippen LogP contribution in [0.25, 0.3) is 0 Å². The second-order valence-electron chi connectivity index (χ2n) is 6.11. The van der Waals surface area contributed by atoms with Gasteiger partial charge < -0.3 is 9.47 Å². The summed E-state index contributed by atoms with van der Waals surface area (Å²) in [6, 6.07) is 0. The van der Waals surface area contributed by atoms with Crippen LogP contribution in [0.15, 0.2) is 35.6 Å². The first-order valence-corrected chi connectivity index (χ1v) is 7.81. The Morgan fingerprint density at radius 2 is 1.57 bits per heavy atom. The van der Waals surface area contributed by atoms with Crippen LogP contribution in [-0.2, 0) is 9.47 Å². The SMILES string of the molecule is C=CC1=C(F)C(F)=C(OCC2CCC(COC)CC2)C(F)C1F. The number of methoxy groups -OCH3 is 1. The van der Waals surface area contributed by atoms with Crippen LogP contribution < -0.4 is 0 Å². The fourth-order valence-corrected chi connectivity index (χ4v) is 3.12. The summed E-state index contributed by atoms with van der Waals surface area (Å²) in [6.07, 6.45) is -0.261. The van der Waals surface area contributed by atoms with Crippen molar-refractivity contribution in [2.45, 2.75) is 38.0 Å². The highest BCUT2D eigenvalue weighted by Gasteiger charge is 2.40. The van der Waals surface area contributed by atoms with E-state index in [0.29, 0.717) is 12.5 Å². The molecule has 2 nitrogen and oxygen atoms in total. The van der Waals surface area contributed by atoms with Crippen LogP contribution in [0, 0.1) is 11.8 Å². The van der Waals surface area contributed by atoms with E-state index in [4.69, 9.17) is 9.47 Å². The van der Waals surface area contributed by atoms with Gasteiger partial charge in [-0.2, -0.15) is 4.39 Å². The van der Waals surface area contributed by atoms with Crippen molar-refractivity contribution < 1.29 is 27.0 Å². The van der Waals surface area contributed by atoms with Gasteiger partial charge in [0.2, 0.25) is 0 Å². The van der Waals surface area contributed by atoms with Gasteiger partial charge in [-0.15, -0.1) is 0 Å². The molecule has 2 aliphatic rings. The normalized spacial score (nSPS) is 32.2. The summed E-state index contributed by atoms with van der Waals surface area (Å²) in [5, 5.41) is 0. The van der Waals surface area contributed by atoms with Crippen LogP contribution >= 0.6 is 0 Å². The molecule has 2 atom stereocenters. The molecule has 6 heteroatoms. The van der Waals surface area contributed by atoms with Crippen molar-refractivity contribution >= 4 is 0 Å². The van der Waals surface area contributed by atoms with Crippen molar-refractivity contribution in [2.75, 3.05) is 20.3 Å². The number of halogens is 4. The molecule has 0 aromatic carbocycles. The first-order chi connectivity index (χ1) is 11.0. The molecule has 0 N–H and O–H groups in total. The average molecular weight is 334 g/mol. The molecule has 0 bridgehead atoms. The van der Waals surface area contributed by atoms with Gasteiger partial charge in [-0.3, -0.25) is 0 Å². The topological polar surface area (TPSA) is 18.5 Å². The maximum Gasteiger partial charge on any atom is 0.199 e. The summed E-state index contributed by atoms with van der Waals surface area (Å²) in [5.74, 6) is -3.16. The van der Waals surface area contributed by atoms with Crippen molar-refractivity contribution in [3.63, 3.8) is 0 Å². The van der Waals surface area contributed by atoms with E-state index in [1.165, 1.54) is 0 Å². The smallest absolute Gasteiger partial charge is 0.199 e. The number of hydrogen-bond acceptors (Lipinski definition) is 2. The van der Waals surface area contributed by atoms with Crippen molar-refractivity contribution in [1.29, 1.82) is 0 Å². The molecule has 0 saturated heterocycles. The van der Waals surface area contributed by atoms with E-state index in [1.807, 2.05) is 0 Å². The van der Waals surface area contributed by atoms with E-state index in [2.05, 4.69) is 6.58 Å². The number of allylic oxidation sites excluding steroid dienone is 5. The highest BCUT2D eigenvalue weighted by Crippen LogP contribution is 2.38. The minimum Gasteiger partial charge on any atom is -0.491 e. The molecule has 0 aromatic rings. The quantitative estimate of drug-likeness (QED) is 0.654. The summed E-state index contributed by atoms with van der Waals surface area (Å²) in [7, 11) is 1.65. The third kappa shape index (κ3) is 3.97. The fourth-order valence-electron chi connectivity index (χ4n) is 3.12. The molecule has 0 spiro atoms. The van der Waals surface area contributed by atoms with Gasteiger partial charge in [-0.1, -0.05) is 12.7 Å². The van der Waals surface area contributed by atoms with Crippen LogP contribution in [0.1, 0.15) is 25.7 Å². The predicted octanol–water partition coefficient (Wildman–Crippen LogP) is 4.74. The first-order valence-electron chi connectivity index (χ1n) is 7.81. The molecular weight excluding hydrogens is 312 g/mol. The molecule has 23 heavy (non-hydrogen) atoms. The highest BCUT2D eigenvalue weighted by molar-refractivity contribution is 5.42. The van der Waals surface area contributed by atoms with Crippen molar-refractivity contribution in [1.82, 2.24) is 0 Å². The Bertz CT molecular complexity index is 493. The van der Waals surface area contributed by atoms with E-state index in [0.717, 1.165) is 31.8 Å². The van der Waals surface area contributed by atoms with E-state index in [-0.39, 0.29) is 12.5 Å². The summed E-state index contributed by atoms with van der Waals surface area (Å²) in [4.78, 5) is 0. The van der Waals surface area contributed by atoms with Gasteiger partial charge in [0.25, 0.3) is 0 Å². The van der Waals surface area contributed by atoms with Crippen LogP contribution in [0.3, 0.4) is 0 Å². The molecule has 0 aliphatic heterocycles. The summed E-state index contributed by atoms with van der Waals surface area (Å²) >= 11 is 0. The molecule has 0 heterocycles. The molecule has 1 saturated carbocycles. The average Bonchev–Trinajstić information content (AvgIpc) is 2.55. The van der Waals surface area contributed by atoms with Gasteiger partial charge in [-0.25, -0.2) is 13.2 Å². The van der Waals surface area contributed by atoms with Crippen LogP contribution in [0.2, 0.25) is 0 Å². The first kappa shape index (κ1) is 18.0. The Morgan fingerprint density at radius 3 is 2.09 bits per heavy atom. The molecular formula is C17H22F4O2. The van der Waals surface area contributed by atoms with E-state index in [9.17, 15) is 17.6 Å². The van der Waals surface area contributed by atoms with Gasteiger partial charge in [0.05, 0.1) is 6.61 Å². The third-order valence-corrected chi connectivity index (χ3v) is 4.53. The number of hydrogen-bond donors (Lipinski definition) is 0. The lowest BCUT2D eigenvalue weighted by molar-refractivity contribution is 0.0596. The van der Waals surface area contributed by atoms with Gasteiger partial charge >= 0.3 is 0 Å². The monoisotopic (exact) mass is 334 g/mol. The molecule has 2 aliphatic carbocycles. The zero-order valence-electron chi connectivity index (χ0n) is 13.2. The van der Waals surface area contributed by atoms with E-state index >= 15 is 0 Å². The van der Waals surface area contributed by atoms with Crippen LogP contribution in [0.4, 0.5) is 17.6 Å². The number of rotatable bonds is 6.